The molecule has 2 aromatic heterocycles. The first-order valence-electron chi connectivity index (χ1n) is 7.81. The lowest BCUT2D eigenvalue weighted by Crippen LogP contribution is -2.17. The maximum absolute atomic E-state index is 12.6. The average molecular weight is 347 g/mol. The highest BCUT2D eigenvalue weighted by Gasteiger charge is 2.10. The molecule has 0 saturated carbocycles. The van der Waals surface area contributed by atoms with Crippen LogP contribution in [0, 0.1) is 17.0 Å². The molecule has 128 valence electrons. The number of aromatic nitrogens is 3. The zero-order chi connectivity index (χ0) is 18.3. The van der Waals surface area contributed by atoms with Gasteiger partial charge in [0.1, 0.15) is 17.4 Å². The number of rotatable bonds is 3. The smallest absolute Gasteiger partial charge is 0.298 e. The van der Waals surface area contributed by atoms with Gasteiger partial charge in [-0.25, -0.2) is 4.98 Å². The summed E-state index contributed by atoms with van der Waals surface area (Å²) in [6.07, 6.45) is 2.73. The van der Waals surface area contributed by atoms with Crippen molar-refractivity contribution in [3.05, 3.63) is 80.4 Å². The van der Waals surface area contributed by atoms with Crippen molar-refractivity contribution in [2.45, 2.75) is 6.92 Å². The maximum atomic E-state index is 12.6. The fraction of sp³-hybridized carbons (Fsp3) is 0.0556. The average Bonchev–Trinajstić information content (AvgIpc) is 3.00. The number of nitrogens with zero attached hydrogens (tertiary/aromatic N) is 4. The molecule has 1 N–H and O–H groups in total. The molecule has 0 aliphatic heterocycles. The molecule has 0 amide bonds. The molecule has 0 radical (unpaired) electrons. The van der Waals surface area contributed by atoms with E-state index in [1.807, 2.05) is 25.1 Å². The van der Waals surface area contributed by atoms with E-state index in [1.54, 1.807) is 12.1 Å². The minimum atomic E-state index is -0.483. The van der Waals surface area contributed by atoms with Crippen LogP contribution in [0.4, 0.5) is 5.69 Å². The third kappa shape index (κ3) is 2.63. The van der Waals surface area contributed by atoms with Crippen LogP contribution in [-0.2, 0) is 0 Å². The molecule has 0 aliphatic carbocycles. The van der Waals surface area contributed by atoms with E-state index < -0.39 is 4.92 Å². The van der Waals surface area contributed by atoms with Crippen molar-refractivity contribution in [1.29, 1.82) is 0 Å². The number of hydrogen-bond acceptors (Lipinski definition) is 5. The summed E-state index contributed by atoms with van der Waals surface area (Å²) in [4.78, 5) is 30.4. The second-order valence-electron chi connectivity index (χ2n) is 5.89. The Morgan fingerprint density at radius 2 is 2.12 bits per heavy atom. The van der Waals surface area contributed by atoms with Gasteiger partial charge in [-0.1, -0.05) is 23.8 Å². The van der Waals surface area contributed by atoms with Crippen molar-refractivity contribution in [3.8, 4) is 0 Å². The molecule has 0 atom stereocenters. The van der Waals surface area contributed by atoms with Gasteiger partial charge in [0.25, 0.3) is 11.2 Å². The summed E-state index contributed by atoms with van der Waals surface area (Å²) in [6, 6.07) is 11.8. The highest BCUT2D eigenvalue weighted by atomic mass is 16.6. The summed E-state index contributed by atoms with van der Waals surface area (Å²) >= 11 is 0. The van der Waals surface area contributed by atoms with Crippen LogP contribution in [-0.4, -0.2) is 25.8 Å². The van der Waals surface area contributed by atoms with Crippen molar-refractivity contribution < 1.29 is 4.92 Å². The Kier molecular flexibility index (Phi) is 3.58. The Morgan fingerprint density at radius 1 is 1.27 bits per heavy atom. The lowest BCUT2D eigenvalue weighted by molar-refractivity contribution is -0.384. The van der Waals surface area contributed by atoms with Gasteiger partial charge < -0.3 is 4.98 Å². The summed E-state index contributed by atoms with van der Waals surface area (Å²) in [5, 5.41) is 15.8. The van der Waals surface area contributed by atoms with E-state index in [0.29, 0.717) is 16.6 Å². The molecule has 0 unspecified atom stereocenters. The van der Waals surface area contributed by atoms with E-state index in [9.17, 15) is 14.9 Å². The minimum Gasteiger partial charge on any atom is -0.349 e. The van der Waals surface area contributed by atoms with Crippen LogP contribution >= 0.6 is 0 Å². The van der Waals surface area contributed by atoms with Crippen LogP contribution in [0.25, 0.3) is 21.9 Å². The first kappa shape index (κ1) is 15.7. The van der Waals surface area contributed by atoms with Crippen molar-refractivity contribution in [1.82, 2.24) is 14.6 Å². The number of fused-ring (bicyclic) bond motifs is 3. The van der Waals surface area contributed by atoms with Crippen LogP contribution in [0.15, 0.2) is 58.7 Å². The largest absolute Gasteiger partial charge is 0.349 e. The van der Waals surface area contributed by atoms with Crippen LogP contribution in [0.1, 0.15) is 11.1 Å². The van der Waals surface area contributed by atoms with Gasteiger partial charge in [-0.2, -0.15) is 9.78 Å². The summed E-state index contributed by atoms with van der Waals surface area (Å²) < 4.78 is 1.10. The van der Waals surface area contributed by atoms with Crippen LogP contribution in [0.3, 0.4) is 0 Å². The van der Waals surface area contributed by atoms with Crippen molar-refractivity contribution in [3.63, 3.8) is 0 Å². The molecule has 8 heteroatoms. The Balaban J connectivity index is 1.79. The van der Waals surface area contributed by atoms with Crippen molar-refractivity contribution in [2.75, 3.05) is 0 Å². The van der Waals surface area contributed by atoms with Gasteiger partial charge in [0.05, 0.1) is 11.1 Å². The van der Waals surface area contributed by atoms with E-state index in [1.165, 1.54) is 24.7 Å². The molecule has 4 rings (SSSR count). The summed E-state index contributed by atoms with van der Waals surface area (Å²) in [5.74, 6) is 0. The molecule has 0 bridgehead atoms. The SMILES string of the molecule is Cc1ccc2[nH]c3c(=O)n(N=Cc4cccc([N+](=O)[O-])c4)cnc3c2c1. The summed E-state index contributed by atoms with van der Waals surface area (Å²) in [6.45, 7) is 1.98. The van der Waals surface area contributed by atoms with Gasteiger partial charge in [0.15, 0.2) is 0 Å². The zero-order valence-electron chi connectivity index (χ0n) is 13.7. The number of nitro benzene ring substituents is 1. The highest BCUT2D eigenvalue weighted by Crippen LogP contribution is 2.22. The van der Waals surface area contributed by atoms with Gasteiger partial charge in [-0.05, 0) is 19.1 Å². The molecule has 2 heterocycles. The van der Waals surface area contributed by atoms with E-state index in [-0.39, 0.29) is 11.2 Å². The third-order valence-corrected chi connectivity index (χ3v) is 4.06. The second kappa shape index (κ2) is 5.92. The number of aryl methyl sites for hydroxylation is 1. The molecular weight excluding hydrogens is 334 g/mol. The lowest BCUT2D eigenvalue weighted by atomic mass is 10.2. The standard InChI is InChI=1S/C18H13N5O3/c1-11-5-6-15-14(7-11)16-17(21-15)18(24)22(10-19-16)20-9-12-3-2-4-13(8-12)23(25)26/h2-10,21H,1H3. The molecule has 0 aliphatic rings. The van der Waals surface area contributed by atoms with Crippen molar-refractivity contribution >= 4 is 33.8 Å². The monoisotopic (exact) mass is 347 g/mol. The maximum Gasteiger partial charge on any atom is 0.298 e. The fourth-order valence-corrected chi connectivity index (χ4v) is 2.79. The molecular formula is C18H13N5O3. The number of non-ortho nitro benzene ring substituents is 1. The predicted molar refractivity (Wildman–Crippen MR) is 98.7 cm³/mol. The number of nitrogens with one attached hydrogen (secondary N) is 1. The normalized spacial score (nSPS) is 11.6. The van der Waals surface area contributed by atoms with Gasteiger partial charge in [-0.15, -0.1) is 0 Å². The van der Waals surface area contributed by atoms with E-state index in [2.05, 4.69) is 15.1 Å². The summed E-state index contributed by atoms with van der Waals surface area (Å²) in [5.41, 5.74) is 2.99. The van der Waals surface area contributed by atoms with Crippen LogP contribution in [0.2, 0.25) is 0 Å². The minimum absolute atomic E-state index is 0.0409. The van der Waals surface area contributed by atoms with Crippen molar-refractivity contribution in [2.24, 2.45) is 5.10 Å². The molecule has 4 aromatic rings. The van der Waals surface area contributed by atoms with Gasteiger partial charge in [0, 0.05) is 28.6 Å². The van der Waals surface area contributed by atoms with E-state index in [0.717, 1.165) is 21.1 Å². The molecule has 26 heavy (non-hydrogen) atoms. The predicted octanol–water partition coefficient (Wildman–Crippen LogP) is 2.98. The molecule has 8 nitrogen and oxygen atoms in total. The van der Waals surface area contributed by atoms with E-state index in [4.69, 9.17) is 0 Å². The van der Waals surface area contributed by atoms with Gasteiger partial charge in [-0.3, -0.25) is 14.9 Å². The van der Waals surface area contributed by atoms with Gasteiger partial charge >= 0.3 is 0 Å². The Labute approximate surface area is 146 Å². The van der Waals surface area contributed by atoms with E-state index >= 15 is 0 Å². The summed E-state index contributed by atoms with van der Waals surface area (Å²) in [7, 11) is 0. The quantitative estimate of drug-likeness (QED) is 0.349. The third-order valence-electron chi connectivity index (χ3n) is 4.06. The molecule has 2 aromatic carbocycles. The number of nitro groups is 1. The number of aromatic amines is 1. The Bertz CT molecular complexity index is 1250. The van der Waals surface area contributed by atoms with Crippen LogP contribution in [0.5, 0.6) is 0 Å². The Morgan fingerprint density at radius 3 is 2.92 bits per heavy atom. The highest BCUT2D eigenvalue weighted by molar-refractivity contribution is 6.04. The molecule has 0 fully saturated rings. The van der Waals surface area contributed by atoms with Gasteiger partial charge in [0.2, 0.25) is 0 Å². The molecule has 0 spiro atoms. The first-order chi connectivity index (χ1) is 12.5. The number of H-pyrrole nitrogens is 1. The van der Waals surface area contributed by atoms with Crippen LogP contribution < -0.4 is 5.56 Å². The lowest BCUT2D eigenvalue weighted by Gasteiger charge is -1.98. The first-order valence-corrected chi connectivity index (χ1v) is 7.81. The zero-order valence-corrected chi connectivity index (χ0v) is 13.7. The second-order valence-corrected chi connectivity index (χ2v) is 5.89. The number of hydrogen-bond donors (Lipinski definition) is 1. The molecule has 0 saturated heterocycles. The fourth-order valence-electron chi connectivity index (χ4n) is 2.79. The Hall–Kier alpha value is -3.81. The topological polar surface area (TPSA) is 106 Å². The number of benzene rings is 2.